The van der Waals surface area contributed by atoms with Gasteiger partial charge in [0.1, 0.15) is 5.82 Å². The zero-order chi connectivity index (χ0) is 21.4. The van der Waals surface area contributed by atoms with Crippen LogP contribution in [0.4, 0.5) is 5.82 Å². The van der Waals surface area contributed by atoms with Crippen LogP contribution in [0.3, 0.4) is 0 Å². The number of hydrogen-bond acceptors (Lipinski definition) is 6. The molecule has 0 radical (unpaired) electrons. The fraction of sp³-hybridized carbons (Fsp3) is 0.727. The number of halogens is 1. The number of rotatable bonds is 7. The van der Waals surface area contributed by atoms with Crippen LogP contribution < -0.4 is 15.5 Å². The van der Waals surface area contributed by atoms with Crippen LogP contribution in [0.1, 0.15) is 26.3 Å². The van der Waals surface area contributed by atoms with Gasteiger partial charge in [0.05, 0.1) is 13.2 Å². The minimum absolute atomic E-state index is 0. The van der Waals surface area contributed by atoms with E-state index in [0.717, 1.165) is 82.9 Å². The highest BCUT2D eigenvalue weighted by Gasteiger charge is 2.28. The van der Waals surface area contributed by atoms with E-state index in [9.17, 15) is 0 Å². The Kier molecular flexibility index (Phi) is 10.7. The van der Waals surface area contributed by atoms with Crippen LogP contribution in [-0.4, -0.2) is 98.9 Å². The normalized spacial score (nSPS) is 19.1. The minimum Gasteiger partial charge on any atom is -0.379 e. The van der Waals surface area contributed by atoms with E-state index in [1.807, 2.05) is 13.2 Å². The topological polar surface area (TPSA) is 68.3 Å². The second-order valence-electron chi connectivity index (χ2n) is 8.64. The molecule has 0 aliphatic carbocycles. The molecule has 3 rings (SSSR count). The van der Waals surface area contributed by atoms with Crippen molar-refractivity contribution in [1.82, 2.24) is 25.4 Å². The quantitative estimate of drug-likeness (QED) is 0.307. The summed E-state index contributed by atoms with van der Waals surface area (Å²) in [6.45, 7) is 17.3. The maximum atomic E-state index is 5.48. The van der Waals surface area contributed by atoms with E-state index in [4.69, 9.17) is 9.72 Å². The molecular weight excluding hydrogens is 505 g/mol. The first-order valence-corrected chi connectivity index (χ1v) is 11.2. The van der Waals surface area contributed by atoms with E-state index >= 15 is 0 Å². The highest BCUT2D eigenvalue weighted by atomic mass is 127. The molecule has 31 heavy (non-hydrogen) atoms. The summed E-state index contributed by atoms with van der Waals surface area (Å²) >= 11 is 0. The number of nitrogens with zero attached hydrogens (tertiary/aromatic N) is 5. The number of hydrogen-bond donors (Lipinski definition) is 2. The number of piperazine rings is 1. The first-order chi connectivity index (χ1) is 14.5. The van der Waals surface area contributed by atoms with Crippen molar-refractivity contribution in [3.8, 4) is 0 Å². The summed E-state index contributed by atoms with van der Waals surface area (Å²) in [5, 5.41) is 6.88. The third kappa shape index (κ3) is 7.73. The van der Waals surface area contributed by atoms with Crippen LogP contribution in [0, 0.1) is 0 Å². The summed E-state index contributed by atoms with van der Waals surface area (Å²) in [4.78, 5) is 16.4. The van der Waals surface area contributed by atoms with Gasteiger partial charge >= 0.3 is 0 Å². The molecular formula is C22H40IN7O. The Morgan fingerprint density at radius 2 is 1.81 bits per heavy atom. The van der Waals surface area contributed by atoms with Crippen molar-refractivity contribution >= 4 is 35.8 Å². The summed E-state index contributed by atoms with van der Waals surface area (Å²) in [5.74, 6) is 1.89. The zero-order valence-electron chi connectivity index (χ0n) is 19.6. The molecule has 2 N–H and O–H groups in total. The monoisotopic (exact) mass is 545 g/mol. The molecule has 0 unspecified atom stereocenters. The molecule has 0 atom stereocenters. The number of guanidine groups is 1. The van der Waals surface area contributed by atoms with Crippen molar-refractivity contribution in [1.29, 1.82) is 0 Å². The van der Waals surface area contributed by atoms with Crippen molar-refractivity contribution in [2.75, 3.05) is 77.5 Å². The number of aliphatic imine (C=N–C) groups is 1. The van der Waals surface area contributed by atoms with Gasteiger partial charge in [0.2, 0.25) is 0 Å². The van der Waals surface area contributed by atoms with E-state index in [2.05, 4.69) is 63.2 Å². The number of ether oxygens (including phenoxy) is 1. The smallest absolute Gasteiger partial charge is 0.191 e. The Hall–Kier alpha value is -1.17. The van der Waals surface area contributed by atoms with Gasteiger partial charge in [-0.3, -0.25) is 9.89 Å². The van der Waals surface area contributed by atoms with Gasteiger partial charge in [-0.05, 0) is 32.0 Å². The van der Waals surface area contributed by atoms with E-state index in [0.29, 0.717) is 6.54 Å². The first-order valence-electron chi connectivity index (χ1n) is 11.2. The van der Waals surface area contributed by atoms with Crippen molar-refractivity contribution in [3.63, 3.8) is 0 Å². The van der Waals surface area contributed by atoms with Crippen molar-refractivity contribution < 1.29 is 4.74 Å². The average Bonchev–Trinajstić information content (AvgIpc) is 2.80. The second-order valence-corrected chi connectivity index (χ2v) is 8.64. The molecule has 9 heteroatoms. The van der Waals surface area contributed by atoms with Crippen LogP contribution in [0.25, 0.3) is 0 Å². The Bertz CT molecular complexity index is 669. The van der Waals surface area contributed by atoms with E-state index in [-0.39, 0.29) is 29.5 Å². The molecule has 0 saturated carbocycles. The van der Waals surface area contributed by atoms with Crippen molar-refractivity contribution in [3.05, 3.63) is 23.9 Å². The third-order valence-corrected chi connectivity index (χ3v) is 6.19. The fourth-order valence-electron chi connectivity index (χ4n) is 3.99. The summed E-state index contributed by atoms with van der Waals surface area (Å²) in [6, 6.07) is 4.29. The molecule has 2 aliphatic rings. The molecule has 8 nitrogen and oxygen atoms in total. The molecule has 3 heterocycles. The zero-order valence-corrected chi connectivity index (χ0v) is 21.9. The lowest BCUT2D eigenvalue weighted by molar-refractivity contribution is -0.00834. The molecule has 0 amide bonds. The summed E-state index contributed by atoms with van der Waals surface area (Å²) in [5.41, 5.74) is 1.20. The predicted molar refractivity (Wildman–Crippen MR) is 139 cm³/mol. The van der Waals surface area contributed by atoms with Gasteiger partial charge in [-0.2, -0.15) is 0 Å². The lowest BCUT2D eigenvalue weighted by atomic mass is 10.0. The Balaban J connectivity index is 0.00000341. The SMILES string of the molecule is CCN1CCN(c2ccc(CNC(=NC)NCC(C)(C)N3CCOCC3)cn2)CC1.I. The number of pyridine rings is 1. The fourth-order valence-corrected chi connectivity index (χ4v) is 3.99. The highest BCUT2D eigenvalue weighted by molar-refractivity contribution is 14.0. The van der Waals surface area contributed by atoms with Crippen LogP contribution in [0.2, 0.25) is 0 Å². The standard InChI is InChI=1S/C22H39N7O.HI/c1-5-27-8-10-28(11-9-27)20-7-6-19(16-24-20)17-25-21(23-4)26-18-22(2,3)29-12-14-30-15-13-29;/h6-7,16H,5,8-15,17-18H2,1-4H3,(H2,23,25,26);1H. The molecule has 1 aromatic rings. The van der Waals surface area contributed by atoms with Gasteiger partial charge < -0.3 is 25.2 Å². The van der Waals surface area contributed by atoms with Crippen molar-refractivity contribution in [2.45, 2.75) is 32.9 Å². The van der Waals surface area contributed by atoms with Gasteiger partial charge in [-0.1, -0.05) is 13.0 Å². The second kappa shape index (κ2) is 12.8. The van der Waals surface area contributed by atoms with Crippen LogP contribution in [0.15, 0.2) is 23.3 Å². The number of morpholine rings is 1. The number of nitrogens with one attached hydrogen (secondary N) is 2. The first kappa shape index (κ1) is 26.1. The molecule has 2 fully saturated rings. The van der Waals surface area contributed by atoms with Crippen molar-refractivity contribution in [2.24, 2.45) is 4.99 Å². The molecule has 176 valence electrons. The Morgan fingerprint density at radius 3 is 2.39 bits per heavy atom. The van der Waals surface area contributed by atoms with Gasteiger partial charge in [0, 0.05) is 71.1 Å². The van der Waals surface area contributed by atoms with Gasteiger partial charge in [0.25, 0.3) is 0 Å². The van der Waals surface area contributed by atoms with Gasteiger partial charge in [-0.25, -0.2) is 4.98 Å². The molecule has 0 bridgehead atoms. The maximum Gasteiger partial charge on any atom is 0.191 e. The Morgan fingerprint density at radius 1 is 1.10 bits per heavy atom. The van der Waals surface area contributed by atoms with Crippen LogP contribution >= 0.6 is 24.0 Å². The maximum absolute atomic E-state index is 5.48. The molecule has 0 aromatic carbocycles. The average molecular weight is 546 g/mol. The highest BCUT2D eigenvalue weighted by Crippen LogP contribution is 2.16. The van der Waals surface area contributed by atoms with Crippen LogP contribution in [0.5, 0.6) is 0 Å². The third-order valence-electron chi connectivity index (χ3n) is 6.19. The predicted octanol–water partition coefficient (Wildman–Crippen LogP) is 1.62. The lowest BCUT2D eigenvalue weighted by Crippen LogP contribution is -2.56. The molecule has 1 aromatic heterocycles. The molecule has 2 aliphatic heterocycles. The number of aromatic nitrogens is 1. The molecule has 0 spiro atoms. The van der Waals surface area contributed by atoms with E-state index < -0.39 is 0 Å². The van der Waals surface area contributed by atoms with Crippen LogP contribution in [-0.2, 0) is 11.3 Å². The number of likely N-dealkylation sites (N-methyl/N-ethyl adjacent to an activating group) is 1. The summed E-state index contributed by atoms with van der Waals surface area (Å²) in [7, 11) is 1.81. The summed E-state index contributed by atoms with van der Waals surface area (Å²) in [6.07, 6.45) is 1.97. The minimum atomic E-state index is 0. The van der Waals surface area contributed by atoms with Gasteiger partial charge in [-0.15, -0.1) is 24.0 Å². The van der Waals surface area contributed by atoms with E-state index in [1.54, 1.807) is 0 Å². The lowest BCUT2D eigenvalue weighted by Gasteiger charge is -2.41. The van der Waals surface area contributed by atoms with Gasteiger partial charge in [0.15, 0.2) is 5.96 Å². The molecule has 2 saturated heterocycles. The Labute approximate surface area is 204 Å². The van der Waals surface area contributed by atoms with E-state index in [1.165, 1.54) is 0 Å². The largest absolute Gasteiger partial charge is 0.379 e. The summed E-state index contributed by atoms with van der Waals surface area (Å²) < 4.78 is 5.48. The number of anilines is 1.